The normalized spacial score (nSPS) is 20.5. The highest BCUT2D eigenvalue weighted by atomic mass is 16.4. The second-order valence-corrected chi connectivity index (χ2v) is 7.57. The Morgan fingerprint density at radius 1 is 1.32 bits per heavy atom. The molecule has 2 aromatic heterocycles. The molecule has 1 aliphatic carbocycles. The molecule has 2 aliphatic rings. The topological polar surface area (TPSA) is 64.2 Å². The van der Waals surface area contributed by atoms with E-state index in [1.165, 1.54) is 0 Å². The predicted molar refractivity (Wildman–Crippen MR) is 94.5 cm³/mol. The number of likely N-dealkylation sites (tertiary alicyclic amines) is 1. The van der Waals surface area contributed by atoms with Crippen molar-refractivity contribution in [1.29, 1.82) is 0 Å². The third kappa shape index (κ3) is 3.40. The molecular formula is C19H26N4O2. The van der Waals surface area contributed by atoms with E-state index < -0.39 is 0 Å². The van der Waals surface area contributed by atoms with E-state index in [0.717, 1.165) is 61.6 Å². The van der Waals surface area contributed by atoms with Gasteiger partial charge in [0.2, 0.25) is 5.89 Å². The van der Waals surface area contributed by atoms with Gasteiger partial charge >= 0.3 is 0 Å². The van der Waals surface area contributed by atoms with Crippen LogP contribution in [0.1, 0.15) is 61.9 Å². The van der Waals surface area contributed by atoms with Gasteiger partial charge in [-0.25, -0.2) is 9.67 Å². The van der Waals surface area contributed by atoms with Crippen LogP contribution in [0.5, 0.6) is 0 Å². The molecule has 134 valence electrons. The number of hydrogen-bond acceptors (Lipinski definition) is 5. The van der Waals surface area contributed by atoms with Crippen LogP contribution in [0.4, 0.5) is 0 Å². The number of oxazole rings is 1. The van der Waals surface area contributed by atoms with E-state index in [4.69, 9.17) is 4.42 Å². The predicted octanol–water partition coefficient (Wildman–Crippen LogP) is 2.51. The summed E-state index contributed by atoms with van der Waals surface area (Å²) in [6, 6.07) is 2.11. The molecule has 1 saturated heterocycles. The molecule has 3 heterocycles. The van der Waals surface area contributed by atoms with Gasteiger partial charge in [-0.3, -0.25) is 9.69 Å². The lowest BCUT2D eigenvalue weighted by Crippen LogP contribution is -2.37. The Morgan fingerprint density at radius 2 is 2.20 bits per heavy atom. The highest BCUT2D eigenvalue weighted by Gasteiger charge is 2.27. The molecule has 0 spiro atoms. The molecule has 1 aliphatic heterocycles. The minimum atomic E-state index is 0.0331. The summed E-state index contributed by atoms with van der Waals surface area (Å²) in [6.45, 7) is 6.59. The first-order valence-electron chi connectivity index (χ1n) is 9.38. The highest BCUT2D eigenvalue weighted by molar-refractivity contribution is 5.22. The average molecular weight is 342 g/mol. The third-order valence-corrected chi connectivity index (χ3v) is 5.39. The van der Waals surface area contributed by atoms with Crippen molar-refractivity contribution in [2.45, 2.75) is 71.0 Å². The summed E-state index contributed by atoms with van der Waals surface area (Å²) in [5.74, 6) is 2.05. The number of nitrogens with zero attached hydrogens (tertiary/aromatic N) is 4. The summed E-state index contributed by atoms with van der Waals surface area (Å²) < 4.78 is 7.52. The van der Waals surface area contributed by atoms with Crippen molar-refractivity contribution in [1.82, 2.24) is 19.7 Å². The fourth-order valence-corrected chi connectivity index (χ4v) is 3.92. The maximum absolute atomic E-state index is 12.4. The zero-order valence-electron chi connectivity index (χ0n) is 15.1. The maximum Gasteiger partial charge on any atom is 0.267 e. The molecule has 0 bridgehead atoms. The first-order chi connectivity index (χ1) is 12.1. The van der Waals surface area contributed by atoms with Crippen LogP contribution < -0.4 is 5.56 Å². The van der Waals surface area contributed by atoms with Crippen LogP contribution in [0.3, 0.4) is 0 Å². The summed E-state index contributed by atoms with van der Waals surface area (Å²) in [5, 5.41) is 4.62. The van der Waals surface area contributed by atoms with Gasteiger partial charge in [-0.2, -0.15) is 5.10 Å². The quantitative estimate of drug-likeness (QED) is 0.835. The summed E-state index contributed by atoms with van der Waals surface area (Å²) in [4.78, 5) is 19.1. The molecular weight excluding hydrogens is 316 g/mol. The largest absolute Gasteiger partial charge is 0.444 e. The second kappa shape index (κ2) is 6.75. The SMILES string of the molecule is CC(C)c1cnc(CN2CCCC2Cn2nc3c(cc2=O)CCC3)o1. The van der Waals surface area contributed by atoms with Gasteiger partial charge in [0.15, 0.2) is 0 Å². The fraction of sp³-hybridized carbons (Fsp3) is 0.632. The van der Waals surface area contributed by atoms with Gasteiger partial charge in [-0.1, -0.05) is 13.8 Å². The van der Waals surface area contributed by atoms with Crippen molar-refractivity contribution in [3.63, 3.8) is 0 Å². The molecule has 0 N–H and O–H groups in total. The molecule has 6 nitrogen and oxygen atoms in total. The maximum atomic E-state index is 12.4. The molecule has 1 unspecified atom stereocenters. The molecule has 2 aromatic rings. The van der Waals surface area contributed by atoms with E-state index >= 15 is 0 Å². The molecule has 0 aromatic carbocycles. The van der Waals surface area contributed by atoms with Crippen LogP contribution in [-0.4, -0.2) is 32.3 Å². The molecule has 0 radical (unpaired) electrons. The lowest BCUT2D eigenvalue weighted by molar-refractivity contribution is 0.195. The van der Waals surface area contributed by atoms with Crippen molar-refractivity contribution in [2.24, 2.45) is 0 Å². The Hall–Kier alpha value is -1.95. The molecule has 6 heteroatoms. The summed E-state index contributed by atoms with van der Waals surface area (Å²) >= 11 is 0. The monoisotopic (exact) mass is 342 g/mol. The Kier molecular flexibility index (Phi) is 4.46. The van der Waals surface area contributed by atoms with Gasteiger partial charge in [0, 0.05) is 18.0 Å². The summed E-state index contributed by atoms with van der Waals surface area (Å²) in [7, 11) is 0. The van der Waals surface area contributed by atoms with E-state index in [-0.39, 0.29) is 5.56 Å². The Balaban J connectivity index is 1.47. The van der Waals surface area contributed by atoms with Crippen LogP contribution in [0.25, 0.3) is 0 Å². The van der Waals surface area contributed by atoms with Gasteiger partial charge in [0.25, 0.3) is 5.56 Å². The van der Waals surface area contributed by atoms with Crippen molar-refractivity contribution in [3.8, 4) is 0 Å². The van der Waals surface area contributed by atoms with Gasteiger partial charge in [-0.05, 0) is 44.2 Å². The van der Waals surface area contributed by atoms with Crippen molar-refractivity contribution >= 4 is 0 Å². The van der Waals surface area contributed by atoms with Crippen molar-refractivity contribution in [2.75, 3.05) is 6.54 Å². The van der Waals surface area contributed by atoms with Gasteiger partial charge < -0.3 is 4.42 Å². The first kappa shape index (κ1) is 16.5. The molecule has 4 rings (SSSR count). The van der Waals surface area contributed by atoms with Gasteiger partial charge in [0.05, 0.1) is 25.0 Å². The third-order valence-electron chi connectivity index (χ3n) is 5.39. The lowest BCUT2D eigenvalue weighted by atomic mass is 10.2. The Labute approximate surface area is 147 Å². The van der Waals surface area contributed by atoms with Crippen LogP contribution in [-0.2, 0) is 25.9 Å². The Morgan fingerprint density at radius 3 is 3.00 bits per heavy atom. The summed E-state index contributed by atoms with van der Waals surface area (Å²) in [6.07, 6.45) is 7.17. The average Bonchev–Trinajstić information content (AvgIpc) is 3.30. The van der Waals surface area contributed by atoms with Crippen LogP contribution >= 0.6 is 0 Å². The standard InChI is InChI=1S/C19H26N4O2/c1-13(2)17-10-20-18(25-17)12-22-8-4-6-15(22)11-23-19(24)9-14-5-3-7-16(14)21-23/h9-10,13,15H,3-8,11-12H2,1-2H3. The molecule has 0 saturated carbocycles. The van der Waals surface area contributed by atoms with Crippen molar-refractivity contribution < 1.29 is 4.42 Å². The molecule has 1 fully saturated rings. The van der Waals surface area contributed by atoms with Crippen LogP contribution in [0.15, 0.2) is 21.5 Å². The number of hydrogen-bond donors (Lipinski definition) is 0. The molecule has 1 atom stereocenters. The van der Waals surface area contributed by atoms with Crippen LogP contribution in [0, 0.1) is 0 Å². The number of aromatic nitrogens is 3. The van der Waals surface area contributed by atoms with E-state index in [2.05, 4.69) is 28.8 Å². The van der Waals surface area contributed by atoms with Gasteiger partial charge in [0.1, 0.15) is 5.76 Å². The number of rotatable bonds is 5. The van der Waals surface area contributed by atoms with Crippen molar-refractivity contribution in [3.05, 3.63) is 45.5 Å². The Bertz CT molecular complexity index is 808. The second-order valence-electron chi connectivity index (χ2n) is 7.57. The van der Waals surface area contributed by atoms with E-state index in [1.807, 2.05) is 6.20 Å². The van der Waals surface area contributed by atoms with Gasteiger partial charge in [-0.15, -0.1) is 0 Å². The minimum Gasteiger partial charge on any atom is -0.444 e. The molecule has 25 heavy (non-hydrogen) atoms. The zero-order valence-corrected chi connectivity index (χ0v) is 15.1. The van der Waals surface area contributed by atoms with E-state index in [1.54, 1.807) is 10.7 Å². The minimum absolute atomic E-state index is 0.0331. The summed E-state index contributed by atoms with van der Waals surface area (Å²) in [5.41, 5.74) is 2.29. The first-order valence-corrected chi connectivity index (χ1v) is 9.38. The molecule has 0 amide bonds. The smallest absolute Gasteiger partial charge is 0.267 e. The lowest BCUT2D eigenvalue weighted by Gasteiger charge is -2.23. The number of fused-ring (bicyclic) bond motifs is 1. The number of aryl methyl sites for hydroxylation is 2. The zero-order chi connectivity index (χ0) is 17.4. The van der Waals surface area contributed by atoms with E-state index in [9.17, 15) is 4.79 Å². The van der Waals surface area contributed by atoms with E-state index in [0.29, 0.717) is 25.0 Å². The highest BCUT2D eigenvalue weighted by Crippen LogP contribution is 2.23. The van der Waals surface area contributed by atoms with Crippen LogP contribution in [0.2, 0.25) is 0 Å². The fourth-order valence-electron chi connectivity index (χ4n) is 3.92.